The van der Waals surface area contributed by atoms with Crippen LogP contribution in [0.5, 0.6) is 0 Å². The lowest BCUT2D eigenvalue weighted by Crippen LogP contribution is -2.26. The van der Waals surface area contributed by atoms with E-state index in [4.69, 9.17) is 0 Å². The summed E-state index contributed by atoms with van der Waals surface area (Å²) in [6, 6.07) is 13.2. The molecule has 1 N–H and O–H groups in total. The molecular weight excluding hydrogens is 329 g/mol. The molecule has 0 aliphatic carbocycles. The largest absolute Gasteiger partial charge is 0.352 e. The predicted octanol–water partition coefficient (Wildman–Crippen LogP) is 2.87. The molecule has 6 heteroatoms. The first-order chi connectivity index (χ1) is 11.4. The number of rotatable bonds is 7. The summed E-state index contributed by atoms with van der Waals surface area (Å²) in [6.45, 7) is 1.84. The van der Waals surface area contributed by atoms with Gasteiger partial charge >= 0.3 is 0 Å². The van der Waals surface area contributed by atoms with Crippen molar-refractivity contribution in [1.82, 2.24) is 5.32 Å². The predicted molar refractivity (Wildman–Crippen MR) is 92.0 cm³/mol. The minimum Gasteiger partial charge on any atom is -0.352 e. The number of carbonyl (C=O) groups is 1. The van der Waals surface area contributed by atoms with Crippen LogP contribution in [0.2, 0.25) is 0 Å². The van der Waals surface area contributed by atoms with Crippen molar-refractivity contribution >= 4 is 15.7 Å². The Morgan fingerprint density at radius 1 is 1.12 bits per heavy atom. The molecule has 0 unspecified atom stereocenters. The maximum atomic E-state index is 13.4. The van der Waals surface area contributed by atoms with Crippen molar-refractivity contribution in [2.24, 2.45) is 0 Å². The van der Waals surface area contributed by atoms with Gasteiger partial charge in [-0.2, -0.15) is 0 Å². The third-order valence-corrected chi connectivity index (χ3v) is 5.26. The molecule has 2 aromatic rings. The Morgan fingerprint density at radius 2 is 1.83 bits per heavy atom. The smallest absolute Gasteiger partial charge is 0.251 e. The molecule has 0 aliphatic heterocycles. The molecule has 4 nitrogen and oxygen atoms in total. The van der Waals surface area contributed by atoms with Crippen LogP contribution in [0, 0.1) is 12.7 Å². The number of aryl methyl sites for hydroxylation is 1. The van der Waals surface area contributed by atoms with Gasteiger partial charge in [-0.1, -0.05) is 36.4 Å². The maximum Gasteiger partial charge on any atom is 0.251 e. The molecule has 2 aromatic carbocycles. The first-order valence-electron chi connectivity index (χ1n) is 7.66. The number of hydrogen-bond acceptors (Lipinski definition) is 3. The lowest BCUT2D eigenvalue weighted by atomic mass is 10.1. The van der Waals surface area contributed by atoms with E-state index in [-0.39, 0.29) is 23.6 Å². The highest BCUT2D eigenvalue weighted by Gasteiger charge is 2.12. The standard InChI is InChI=1S/C18H20FNO3S/c1-14-8-9-16(12-17(14)19)18(21)20-10-5-11-24(22,23)13-15-6-3-2-4-7-15/h2-4,6-9,12H,5,10-11,13H2,1H3,(H,20,21). The summed E-state index contributed by atoms with van der Waals surface area (Å²) in [6.07, 6.45) is 0.315. The van der Waals surface area contributed by atoms with Gasteiger partial charge in [0.15, 0.2) is 9.84 Å². The molecule has 0 aliphatic rings. The summed E-state index contributed by atoms with van der Waals surface area (Å²) in [5.74, 6) is -0.863. The van der Waals surface area contributed by atoms with Crippen LogP contribution in [0.15, 0.2) is 48.5 Å². The van der Waals surface area contributed by atoms with Crippen LogP contribution < -0.4 is 5.32 Å². The van der Waals surface area contributed by atoms with Gasteiger partial charge in [0.1, 0.15) is 5.82 Å². The van der Waals surface area contributed by atoms with Crippen molar-refractivity contribution in [3.63, 3.8) is 0 Å². The van der Waals surface area contributed by atoms with E-state index in [0.717, 1.165) is 5.56 Å². The summed E-state index contributed by atoms with van der Waals surface area (Å²) in [5.41, 5.74) is 1.44. The number of sulfone groups is 1. The van der Waals surface area contributed by atoms with Crippen LogP contribution in [0.1, 0.15) is 27.9 Å². The Kier molecular flexibility index (Phi) is 6.09. The molecular formula is C18H20FNO3S. The van der Waals surface area contributed by atoms with E-state index in [1.807, 2.05) is 6.07 Å². The molecule has 0 saturated carbocycles. The van der Waals surface area contributed by atoms with E-state index in [1.54, 1.807) is 37.3 Å². The van der Waals surface area contributed by atoms with Crippen molar-refractivity contribution in [1.29, 1.82) is 0 Å². The fraction of sp³-hybridized carbons (Fsp3) is 0.278. The van der Waals surface area contributed by atoms with Gasteiger partial charge in [-0.15, -0.1) is 0 Å². The molecule has 0 saturated heterocycles. The van der Waals surface area contributed by atoms with Crippen LogP contribution in [0.4, 0.5) is 4.39 Å². The van der Waals surface area contributed by atoms with Gasteiger partial charge in [0, 0.05) is 12.1 Å². The maximum absolute atomic E-state index is 13.4. The Bertz CT molecular complexity index is 804. The summed E-state index contributed by atoms with van der Waals surface area (Å²) >= 11 is 0. The average Bonchev–Trinajstić information content (AvgIpc) is 2.54. The number of amides is 1. The van der Waals surface area contributed by atoms with Crippen LogP contribution in [0.25, 0.3) is 0 Å². The SMILES string of the molecule is Cc1ccc(C(=O)NCCCS(=O)(=O)Cc2ccccc2)cc1F. The lowest BCUT2D eigenvalue weighted by Gasteiger charge is -2.07. The summed E-state index contributed by atoms with van der Waals surface area (Å²) in [5, 5.41) is 2.61. The number of benzene rings is 2. The van der Waals surface area contributed by atoms with Gasteiger partial charge < -0.3 is 5.32 Å². The zero-order valence-electron chi connectivity index (χ0n) is 13.5. The van der Waals surface area contributed by atoms with Crippen LogP contribution in [0.3, 0.4) is 0 Å². The van der Waals surface area contributed by atoms with E-state index in [0.29, 0.717) is 12.0 Å². The molecule has 0 aromatic heterocycles. The molecule has 2 rings (SSSR count). The quantitative estimate of drug-likeness (QED) is 0.782. The van der Waals surface area contributed by atoms with Crippen LogP contribution in [-0.4, -0.2) is 26.6 Å². The molecule has 0 bridgehead atoms. The Morgan fingerprint density at radius 3 is 2.50 bits per heavy atom. The fourth-order valence-electron chi connectivity index (χ4n) is 2.23. The second-order valence-electron chi connectivity index (χ2n) is 5.65. The van der Waals surface area contributed by atoms with Crippen molar-refractivity contribution in [2.45, 2.75) is 19.1 Å². The first-order valence-corrected chi connectivity index (χ1v) is 9.48. The highest BCUT2D eigenvalue weighted by atomic mass is 32.2. The van der Waals surface area contributed by atoms with Gasteiger partial charge in [0.05, 0.1) is 11.5 Å². The van der Waals surface area contributed by atoms with Gasteiger partial charge in [-0.05, 0) is 36.6 Å². The minimum absolute atomic E-state index is 0.00897. The van der Waals surface area contributed by atoms with Crippen molar-refractivity contribution in [3.05, 3.63) is 71.0 Å². The Balaban J connectivity index is 1.79. The van der Waals surface area contributed by atoms with Crippen molar-refractivity contribution in [2.75, 3.05) is 12.3 Å². The molecule has 0 atom stereocenters. The van der Waals surface area contributed by atoms with Crippen molar-refractivity contribution < 1.29 is 17.6 Å². The number of hydrogen-bond donors (Lipinski definition) is 1. The summed E-state index contributed by atoms with van der Waals surface area (Å²) in [7, 11) is -3.22. The number of halogens is 1. The molecule has 128 valence electrons. The second kappa shape index (κ2) is 8.06. The van der Waals surface area contributed by atoms with Crippen molar-refractivity contribution in [3.8, 4) is 0 Å². The Hall–Kier alpha value is -2.21. The van der Waals surface area contributed by atoms with Crippen LogP contribution >= 0.6 is 0 Å². The normalized spacial score (nSPS) is 11.2. The minimum atomic E-state index is -3.22. The highest BCUT2D eigenvalue weighted by molar-refractivity contribution is 7.90. The summed E-state index contributed by atoms with van der Waals surface area (Å²) < 4.78 is 37.5. The summed E-state index contributed by atoms with van der Waals surface area (Å²) in [4.78, 5) is 11.9. The molecule has 24 heavy (non-hydrogen) atoms. The van der Waals surface area contributed by atoms with Crippen LogP contribution in [-0.2, 0) is 15.6 Å². The van der Waals surface area contributed by atoms with E-state index in [9.17, 15) is 17.6 Å². The monoisotopic (exact) mass is 349 g/mol. The molecule has 0 heterocycles. The molecule has 0 fully saturated rings. The Labute approximate surface area is 141 Å². The zero-order chi connectivity index (χ0) is 17.6. The van der Waals surface area contributed by atoms with Gasteiger partial charge in [0.25, 0.3) is 5.91 Å². The zero-order valence-corrected chi connectivity index (χ0v) is 14.3. The van der Waals surface area contributed by atoms with Gasteiger partial charge in [0.2, 0.25) is 0 Å². The fourth-order valence-corrected chi connectivity index (χ4v) is 3.66. The number of carbonyl (C=O) groups excluding carboxylic acids is 1. The number of nitrogens with one attached hydrogen (secondary N) is 1. The average molecular weight is 349 g/mol. The topological polar surface area (TPSA) is 63.2 Å². The van der Waals surface area contributed by atoms with E-state index in [2.05, 4.69) is 5.32 Å². The van der Waals surface area contributed by atoms with Gasteiger partial charge in [-0.25, -0.2) is 12.8 Å². The second-order valence-corrected chi connectivity index (χ2v) is 7.84. The lowest BCUT2D eigenvalue weighted by molar-refractivity contribution is 0.0953. The molecule has 1 amide bonds. The van der Waals surface area contributed by atoms with E-state index >= 15 is 0 Å². The molecule has 0 spiro atoms. The van der Waals surface area contributed by atoms with E-state index < -0.39 is 21.6 Å². The third kappa shape index (κ3) is 5.45. The third-order valence-electron chi connectivity index (χ3n) is 3.58. The van der Waals surface area contributed by atoms with E-state index in [1.165, 1.54) is 12.1 Å². The highest BCUT2D eigenvalue weighted by Crippen LogP contribution is 2.09. The van der Waals surface area contributed by atoms with Gasteiger partial charge in [-0.3, -0.25) is 4.79 Å². The molecule has 0 radical (unpaired) electrons. The first kappa shape index (κ1) is 18.1.